The van der Waals surface area contributed by atoms with Crippen molar-refractivity contribution < 1.29 is 34.6 Å². The Hall–Kier alpha value is -2.98. The van der Waals surface area contributed by atoms with Gasteiger partial charge in [0.05, 0.1) is 35.7 Å². The molecule has 0 aliphatic heterocycles. The number of unbranched alkanes of at least 4 members (excludes halogenated alkanes) is 11. The Bertz CT molecular complexity index is 874. The number of carbonyl (C=O) groups is 2. The fraction of sp³-hybridized carbons (Fsp3) is 0.643. The van der Waals surface area contributed by atoms with E-state index in [4.69, 9.17) is 9.84 Å². The van der Waals surface area contributed by atoms with Gasteiger partial charge in [0.1, 0.15) is 6.61 Å². The average molecular weight is 537 g/mol. The molecule has 4 N–H and O–H groups in total. The number of aliphatic hydroxyl groups excluding tert-OH is 2. The molecule has 0 aliphatic carbocycles. The lowest BCUT2D eigenvalue weighted by atomic mass is 10.0. The third-order valence-corrected chi connectivity index (χ3v) is 6.28. The van der Waals surface area contributed by atoms with Gasteiger partial charge in [0.15, 0.2) is 0 Å². The minimum absolute atomic E-state index is 0.0901. The van der Waals surface area contributed by atoms with E-state index in [1.54, 1.807) is 0 Å². The lowest BCUT2D eigenvalue weighted by Crippen LogP contribution is -2.45. The summed E-state index contributed by atoms with van der Waals surface area (Å²) in [5.74, 6) is -1.12. The molecule has 10 heteroatoms. The Morgan fingerprint density at radius 3 is 2.21 bits per heavy atom. The van der Waals surface area contributed by atoms with Gasteiger partial charge in [-0.3, -0.25) is 14.9 Å². The van der Waals surface area contributed by atoms with Gasteiger partial charge in [0, 0.05) is 6.07 Å². The average Bonchev–Trinajstić information content (AvgIpc) is 2.88. The number of aliphatic carboxylic acids is 1. The molecule has 0 unspecified atom stereocenters. The number of ether oxygens (including phenoxy) is 1. The molecule has 1 aromatic carbocycles. The SMILES string of the molecule is CCCCCCCCCCCCC/C=C/[C@@H](O)[C@H](CO)NC(=O)OCc1ccc(CC(=O)O)cc1[N+](=O)[O-]. The summed E-state index contributed by atoms with van der Waals surface area (Å²) >= 11 is 0. The van der Waals surface area contributed by atoms with E-state index in [9.17, 15) is 29.9 Å². The molecule has 0 saturated carbocycles. The Morgan fingerprint density at radius 2 is 1.66 bits per heavy atom. The summed E-state index contributed by atoms with van der Waals surface area (Å²) in [6.07, 6.45) is 15.5. The predicted octanol–water partition coefficient (Wildman–Crippen LogP) is 5.43. The quantitative estimate of drug-likeness (QED) is 0.0700. The summed E-state index contributed by atoms with van der Waals surface area (Å²) in [7, 11) is 0. The van der Waals surface area contributed by atoms with Gasteiger partial charge in [-0.2, -0.15) is 0 Å². The van der Waals surface area contributed by atoms with Crippen molar-refractivity contribution in [3.8, 4) is 0 Å². The zero-order valence-corrected chi connectivity index (χ0v) is 22.5. The molecular weight excluding hydrogens is 492 g/mol. The zero-order valence-electron chi connectivity index (χ0n) is 22.5. The van der Waals surface area contributed by atoms with E-state index in [0.29, 0.717) is 0 Å². The molecule has 2 atom stereocenters. The maximum atomic E-state index is 12.1. The monoisotopic (exact) mass is 536 g/mol. The molecule has 0 aromatic heterocycles. The van der Waals surface area contributed by atoms with Crippen molar-refractivity contribution in [2.24, 2.45) is 0 Å². The van der Waals surface area contributed by atoms with E-state index >= 15 is 0 Å². The molecule has 0 radical (unpaired) electrons. The van der Waals surface area contributed by atoms with Crippen molar-refractivity contribution in [1.82, 2.24) is 5.32 Å². The van der Waals surface area contributed by atoms with Gasteiger partial charge < -0.3 is 25.4 Å². The molecule has 10 nitrogen and oxygen atoms in total. The van der Waals surface area contributed by atoms with E-state index in [0.717, 1.165) is 25.3 Å². The van der Waals surface area contributed by atoms with Crippen LogP contribution in [0.2, 0.25) is 0 Å². The summed E-state index contributed by atoms with van der Waals surface area (Å²) in [6.45, 7) is 1.27. The Kier molecular flexibility index (Phi) is 17.4. The molecular formula is C28H44N2O8. The number of carboxylic acid groups (broad SMARTS) is 1. The number of nitro groups is 1. The highest BCUT2D eigenvalue weighted by Crippen LogP contribution is 2.22. The number of hydrogen-bond donors (Lipinski definition) is 4. The molecule has 1 aromatic rings. The molecule has 0 bridgehead atoms. The molecule has 0 fully saturated rings. The van der Waals surface area contributed by atoms with Crippen LogP contribution in [0.3, 0.4) is 0 Å². The number of hydrogen-bond acceptors (Lipinski definition) is 7. The lowest BCUT2D eigenvalue weighted by molar-refractivity contribution is -0.385. The number of nitro benzene ring substituents is 1. The van der Waals surface area contributed by atoms with E-state index < -0.39 is 42.3 Å². The van der Waals surface area contributed by atoms with Gasteiger partial charge in [-0.25, -0.2) is 4.79 Å². The van der Waals surface area contributed by atoms with Crippen LogP contribution in [-0.4, -0.2) is 51.1 Å². The largest absolute Gasteiger partial charge is 0.481 e. The molecule has 0 saturated heterocycles. The normalized spacial score (nSPS) is 12.8. The summed E-state index contributed by atoms with van der Waals surface area (Å²) in [4.78, 5) is 33.6. The van der Waals surface area contributed by atoms with Crippen LogP contribution in [0.4, 0.5) is 10.5 Å². The number of carboxylic acids is 1. The smallest absolute Gasteiger partial charge is 0.407 e. The van der Waals surface area contributed by atoms with Crippen LogP contribution in [0, 0.1) is 10.1 Å². The first-order valence-corrected chi connectivity index (χ1v) is 13.6. The van der Waals surface area contributed by atoms with Crippen molar-refractivity contribution >= 4 is 17.7 Å². The molecule has 0 spiro atoms. The Balaban J connectivity index is 2.33. The minimum Gasteiger partial charge on any atom is -0.481 e. The van der Waals surface area contributed by atoms with Gasteiger partial charge in [0.25, 0.3) is 5.69 Å². The Labute approximate surface area is 225 Å². The van der Waals surface area contributed by atoms with Crippen LogP contribution in [0.1, 0.15) is 95.1 Å². The van der Waals surface area contributed by atoms with E-state index in [-0.39, 0.29) is 23.2 Å². The number of allylic oxidation sites excluding steroid dienone is 1. The van der Waals surface area contributed by atoms with Gasteiger partial charge in [0.2, 0.25) is 0 Å². The van der Waals surface area contributed by atoms with Crippen LogP contribution in [0.25, 0.3) is 0 Å². The van der Waals surface area contributed by atoms with Crippen LogP contribution in [0.15, 0.2) is 30.4 Å². The van der Waals surface area contributed by atoms with Crippen molar-refractivity contribution in [2.75, 3.05) is 6.61 Å². The summed E-state index contributed by atoms with van der Waals surface area (Å²) in [5.41, 5.74) is -0.0197. The summed E-state index contributed by atoms with van der Waals surface area (Å²) in [5, 5.41) is 42.4. The highest BCUT2D eigenvalue weighted by atomic mass is 16.6. The second kappa shape index (κ2) is 20.0. The number of aliphatic hydroxyl groups is 2. The number of benzene rings is 1. The van der Waals surface area contributed by atoms with Gasteiger partial charge in [-0.05, 0) is 24.5 Å². The number of rotatable bonds is 21. The molecule has 214 valence electrons. The van der Waals surface area contributed by atoms with Crippen LogP contribution >= 0.6 is 0 Å². The van der Waals surface area contributed by atoms with Gasteiger partial charge in [-0.1, -0.05) is 89.4 Å². The zero-order chi connectivity index (χ0) is 28.2. The number of nitrogens with zero attached hydrogens (tertiary/aromatic N) is 1. The topological polar surface area (TPSA) is 159 Å². The van der Waals surface area contributed by atoms with E-state index in [1.807, 2.05) is 6.08 Å². The molecule has 0 aliphatic rings. The Morgan fingerprint density at radius 1 is 1.05 bits per heavy atom. The third kappa shape index (κ3) is 14.7. The second-order valence-corrected chi connectivity index (χ2v) is 9.54. The first-order valence-electron chi connectivity index (χ1n) is 13.6. The van der Waals surface area contributed by atoms with E-state index in [1.165, 1.54) is 76.0 Å². The van der Waals surface area contributed by atoms with Gasteiger partial charge in [-0.15, -0.1) is 0 Å². The van der Waals surface area contributed by atoms with Crippen LogP contribution in [0.5, 0.6) is 0 Å². The number of alkyl carbamates (subject to hydrolysis) is 1. The first-order chi connectivity index (χ1) is 18.3. The maximum Gasteiger partial charge on any atom is 0.407 e. The van der Waals surface area contributed by atoms with Crippen molar-refractivity contribution in [2.45, 2.75) is 109 Å². The predicted molar refractivity (Wildman–Crippen MR) is 145 cm³/mol. The van der Waals surface area contributed by atoms with Crippen LogP contribution in [-0.2, 0) is 22.6 Å². The molecule has 38 heavy (non-hydrogen) atoms. The number of amides is 1. The molecule has 1 rings (SSSR count). The van der Waals surface area contributed by atoms with Crippen molar-refractivity contribution in [3.63, 3.8) is 0 Å². The summed E-state index contributed by atoms with van der Waals surface area (Å²) < 4.78 is 5.03. The highest BCUT2D eigenvalue weighted by molar-refractivity contribution is 5.71. The standard InChI is InChI=1S/C28H44N2O8/c1-2-3-4-5-6-7-8-9-10-11-12-13-14-15-26(32)24(20-31)29-28(35)38-21-23-17-16-22(19-27(33)34)18-25(23)30(36)37/h14-18,24,26,31-32H,2-13,19-21H2,1H3,(H,29,35)(H,33,34)/b15-14+/t24-,26+/m0/s1. The molecule has 1 amide bonds. The third-order valence-electron chi connectivity index (χ3n) is 6.28. The fourth-order valence-corrected chi connectivity index (χ4v) is 4.06. The van der Waals surface area contributed by atoms with Crippen molar-refractivity contribution in [3.05, 3.63) is 51.6 Å². The first kappa shape index (κ1) is 33.0. The second-order valence-electron chi connectivity index (χ2n) is 9.54. The van der Waals surface area contributed by atoms with Crippen molar-refractivity contribution in [1.29, 1.82) is 0 Å². The number of carbonyl (C=O) groups excluding carboxylic acids is 1. The van der Waals surface area contributed by atoms with Crippen LogP contribution < -0.4 is 5.32 Å². The minimum atomic E-state index is -1.12. The molecule has 0 heterocycles. The maximum absolute atomic E-state index is 12.1. The highest BCUT2D eigenvalue weighted by Gasteiger charge is 2.21. The van der Waals surface area contributed by atoms with E-state index in [2.05, 4.69) is 12.2 Å². The summed E-state index contributed by atoms with van der Waals surface area (Å²) in [6, 6.07) is 2.88. The van der Waals surface area contributed by atoms with Gasteiger partial charge >= 0.3 is 12.1 Å². The fourth-order valence-electron chi connectivity index (χ4n) is 4.06. The lowest BCUT2D eigenvalue weighted by Gasteiger charge is -2.19. The number of nitrogens with one attached hydrogen (secondary N) is 1.